The number of carbonyl (C=O) groups is 1. The minimum absolute atomic E-state index is 0.0313. The normalized spacial score (nSPS) is 17.5. The van der Waals surface area contributed by atoms with Crippen LogP contribution in [0.3, 0.4) is 0 Å². The lowest BCUT2D eigenvalue weighted by Crippen LogP contribution is -2.48. The van der Waals surface area contributed by atoms with Gasteiger partial charge in [0, 0.05) is 32.2 Å². The highest BCUT2D eigenvalue weighted by Gasteiger charge is 2.25. The Labute approximate surface area is 143 Å². The molecule has 1 fully saturated rings. The summed E-state index contributed by atoms with van der Waals surface area (Å²) in [7, 11) is 1.84. The molecule has 0 unspecified atom stereocenters. The average Bonchev–Trinajstić information content (AvgIpc) is 2.89. The van der Waals surface area contributed by atoms with Gasteiger partial charge < -0.3 is 19.9 Å². The zero-order chi connectivity index (χ0) is 18.1. The van der Waals surface area contributed by atoms with Crippen LogP contribution in [0, 0.1) is 10.1 Å². The summed E-state index contributed by atoms with van der Waals surface area (Å²) in [5, 5.41) is 22.6. The Morgan fingerprint density at radius 1 is 1.56 bits per heavy atom. The number of carboxylic acid groups (broad SMARTS) is 1. The van der Waals surface area contributed by atoms with Crippen LogP contribution in [0.5, 0.6) is 0 Å². The Morgan fingerprint density at radius 2 is 2.32 bits per heavy atom. The third-order valence-electron chi connectivity index (χ3n) is 4.45. The van der Waals surface area contributed by atoms with Crippen molar-refractivity contribution < 1.29 is 14.8 Å². The fourth-order valence-corrected chi connectivity index (χ4v) is 3.29. The van der Waals surface area contributed by atoms with E-state index in [1.807, 2.05) is 16.5 Å². The third-order valence-corrected chi connectivity index (χ3v) is 4.45. The van der Waals surface area contributed by atoms with E-state index in [4.69, 9.17) is 5.11 Å². The quantitative estimate of drug-likeness (QED) is 0.649. The molecule has 2 aromatic rings. The van der Waals surface area contributed by atoms with Gasteiger partial charge in [0.05, 0.1) is 21.5 Å². The second kappa shape index (κ2) is 6.42. The molecular weight excluding hydrogens is 326 g/mol. The van der Waals surface area contributed by atoms with Gasteiger partial charge in [-0.2, -0.15) is 0 Å². The summed E-state index contributed by atoms with van der Waals surface area (Å²) in [6.45, 7) is 4.91. The number of amides is 1. The Balaban J connectivity index is 1.99. The first-order valence-electron chi connectivity index (χ1n) is 7.92. The molecule has 132 valence electrons. The lowest BCUT2D eigenvalue weighted by molar-refractivity contribution is -0.384. The Hall–Kier alpha value is -3.10. The zero-order valence-corrected chi connectivity index (χ0v) is 13.8. The summed E-state index contributed by atoms with van der Waals surface area (Å²) < 4.78 is 1.87. The summed E-state index contributed by atoms with van der Waals surface area (Å²) in [6.07, 6.45) is 2.03. The molecule has 2 heterocycles. The zero-order valence-electron chi connectivity index (χ0n) is 13.8. The van der Waals surface area contributed by atoms with E-state index in [0.29, 0.717) is 23.6 Å². The number of nitrogens with one attached hydrogen (secondary N) is 1. The number of nitro benzene ring substituents is 1. The Bertz CT molecular complexity index is 860. The van der Waals surface area contributed by atoms with Gasteiger partial charge >= 0.3 is 6.09 Å². The van der Waals surface area contributed by atoms with Gasteiger partial charge in [0.1, 0.15) is 0 Å². The van der Waals surface area contributed by atoms with Crippen molar-refractivity contribution in [2.75, 3.05) is 18.0 Å². The maximum absolute atomic E-state index is 11.2. The van der Waals surface area contributed by atoms with Crippen LogP contribution in [0.4, 0.5) is 16.4 Å². The number of hydrogen-bond donors (Lipinski definition) is 2. The number of benzene rings is 1. The van der Waals surface area contributed by atoms with Crippen molar-refractivity contribution >= 4 is 34.8 Å². The van der Waals surface area contributed by atoms with Crippen LogP contribution in [0.2, 0.25) is 0 Å². The van der Waals surface area contributed by atoms with E-state index < -0.39 is 11.0 Å². The Morgan fingerprint density at radius 3 is 2.96 bits per heavy atom. The van der Waals surface area contributed by atoms with E-state index in [1.54, 1.807) is 6.07 Å². The molecule has 1 aliphatic heterocycles. The van der Waals surface area contributed by atoms with Crippen molar-refractivity contribution in [2.45, 2.75) is 18.9 Å². The third kappa shape index (κ3) is 3.12. The number of piperidine rings is 1. The van der Waals surface area contributed by atoms with E-state index in [0.717, 1.165) is 24.9 Å². The number of fused-ring (bicyclic) bond motifs is 1. The second-order valence-corrected chi connectivity index (χ2v) is 6.07. The van der Waals surface area contributed by atoms with Gasteiger partial charge in [0.15, 0.2) is 0 Å². The first-order chi connectivity index (χ1) is 11.9. The van der Waals surface area contributed by atoms with Crippen LogP contribution in [0.1, 0.15) is 18.4 Å². The van der Waals surface area contributed by atoms with E-state index in [9.17, 15) is 14.9 Å². The number of nitrogens with zero attached hydrogens (tertiary/aromatic N) is 4. The molecule has 0 aliphatic carbocycles. The molecule has 1 aromatic carbocycles. The largest absolute Gasteiger partial charge is 0.465 e. The molecule has 1 saturated heterocycles. The van der Waals surface area contributed by atoms with Crippen LogP contribution in [0.25, 0.3) is 17.1 Å². The lowest BCUT2D eigenvalue weighted by atomic mass is 10.1. The van der Waals surface area contributed by atoms with E-state index >= 15 is 0 Å². The van der Waals surface area contributed by atoms with Crippen molar-refractivity contribution in [1.29, 1.82) is 0 Å². The van der Waals surface area contributed by atoms with Crippen LogP contribution in [-0.4, -0.2) is 44.8 Å². The number of anilines is 1. The van der Waals surface area contributed by atoms with Crippen LogP contribution < -0.4 is 10.2 Å². The predicted molar refractivity (Wildman–Crippen MR) is 93.9 cm³/mol. The maximum Gasteiger partial charge on any atom is 0.404 e. The van der Waals surface area contributed by atoms with Crippen LogP contribution in [0.15, 0.2) is 18.7 Å². The summed E-state index contributed by atoms with van der Waals surface area (Å²) in [6, 6.07) is 2.99. The van der Waals surface area contributed by atoms with Gasteiger partial charge in [-0.15, -0.1) is 0 Å². The number of nitro groups is 1. The van der Waals surface area contributed by atoms with Crippen molar-refractivity contribution in [2.24, 2.45) is 7.05 Å². The highest BCUT2D eigenvalue weighted by atomic mass is 16.6. The minimum atomic E-state index is -1.04. The van der Waals surface area contributed by atoms with Gasteiger partial charge in [-0.05, 0) is 18.9 Å². The van der Waals surface area contributed by atoms with Gasteiger partial charge in [-0.1, -0.05) is 12.7 Å². The topological polar surface area (TPSA) is 114 Å². The maximum atomic E-state index is 11.2. The minimum Gasteiger partial charge on any atom is -0.465 e. The molecule has 9 nitrogen and oxygen atoms in total. The monoisotopic (exact) mass is 345 g/mol. The number of imidazole rings is 1. The molecule has 0 radical (unpaired) electrons. The predicted octanol–water partition coefficient (Wildman–Crippen LogP) is 2.36. The molecule has 1 atom stereocenters. The summed E-state index contributed by atoms with van der Waals surface area (Å²) in [5.74, 6) is 0.669. The lowest BCUT2D eigenvalue weighted by Gasteiger charge is -2.33. The standard InChI is InChI=1S/C16H19N5O4/c1-3-10-7-14-12(8-13(10)21(24)25)18-15(19(14)2)20-6-4-5-11(9-20)17-16(22)23/h3,7-8,11,17H,1,4-6,9H2,2H3,(H,22,23)/t11-/m1/s1. The summed E-state index contributed by atoms with van der Waals surface area (Å²) in [5.41, 5.74) is 1.71. The van der Waals surface area contributed by atoms with Crippen LogP contribution in [-0.2, 0) is 7.05 Å². The fourth-order valence-electron chi connectivity index (χ4n) is 3.29. The molecule has 1 aliphatic rings. The second-order valence-electron chi connectivity index (χ2n) is 6.07. The first kappa shape index (κ1) is 16.7. The molecule has 25 heavy (non-hydrogen) atoms. The molecule has 1 amide bonds. The van der Waals surface area contributed by atoms with E-state index in [-0.39, 0.29) is 11.7 Å². The highest BCUT2D eigenvalue weighted by Crippen LogP contribution is 2.30. The van der Waals surface area contributed by atoms with Gasteiger partial charge in [0.2, 0.25) is 5.95 Å². The van der Waals surface area contributed by atoms with E-state index in [1.165, 1.54) is 12.1 Å². The number of aromatic nitrogens is 2. The number of aryl methyl sites for hydroxylation is 1. The number of hydrogen-bond acceptors (Lipinski definition) is 5. The van der Waals surface area contributed by atoms with Gasteiger partial charge in [-0.3, -0.25) is 10.1 Å². The van der Waals surface area contributed by atoms with Crippen molar-refractivity contribution in [3.05, 3.63) is 34.4 Å². The molecule has 0 bridgehead atoms. The van der Waals surface area contributed by atoms with Crippen molar-refractivity contribution in [1.82, 2.24) is 14.9 Å². The SMILES string of the molecule is C=Cc1cc2c(cc1[N+](=O)[O-])nc(N1CCC[C@@H](NC(=O)O)C1)n2C. The van der Waals surface area contributed by atoms with Crippen molar-refractivity contribution in [3.63, 3.8) is 0 Å². The first-order valence-corrected chi connectivity index (χ1v) is 7.92. The van der Waals surface area contributed by atoms with Crippen molar-refractivity contribution in [3.8, 4) is 0 Å². The molecule has 0 spiro atoms. The molecular formula is C16H19N5O4. The molecule has 3 rings (SSSR count). The van der Waals surface area contributed by atoms with Gasteiger partial charge in [0.25, 0.3) is 5.69 Å². The van der Waals surface area contributed by atoms with E-state index in [2.05, 4.69) is 16.9 Å². The Kier molecular flexibility index (Phi) is 4.30. The highest BCUT2D eigenvalue weighted by molar-refractivity contribution is 5.85. The average molecular weight is 345 g/mol. The number of rotatable bonds is 4. The van der Waals surface area contributed by atoms with Gasteiger partial charge in [-0.25, -0.2) is 9.78 Å². The summed E-state index contributed by atoms with van der Waals surface area (Å²) in [4.78, 5) is 28.2. The molecule has 0 saturated carbocycles. The smallest absolute Gasteiger partial charge is 0.404 e. The summed E-state index contributed by atoms with van der Waals surface area (Å²) >= 11 is 0. The van der Waals surface area contributed by atoms with Crippen LogP contribution >= 0.6 is 0 Å². The molecule has 1 aromatic heterocycles. The fraction of sp³-hybridized carbons (Fsp3) is 0.375. The molecule has 9 heteroatoms. The molecule has 2 N–H and O–H groups in total.